The number of benzene rings is 2. The van der Waals surface area contributed by atoms with E-state index in [0.29, 0.717) is 31.1 Å². The molecular weight excluding hydrogens is 392 g/mol. The third-order valence-electron chi connectivity index (χ3n) is 6.53. The molecule has 0 radical (unpaired) electrons. The van der Waals surface area contributed by atoms with Crippen LogP contribution in [0.5, 0.6) is 11.5 Å². The van der Waals surface area contributed by atoms with Crippen molar-refractivity contribution < 1.29 is 19.0 Å². The van der Waals surface area contributed by atoms with Gasteiger partial charge in [-0.25, -0.2) is 4.98 Å². The van der Waals surface area contributed by atoms with Gasteiger partial charge in [-0.2, -0.15) is 0 Å². The first kappa shape index (κ1) is 19.8. The van der Waals surface area contributed by atoms with Crippen molar-refractivity contribution in [1.29, 1.82) is 0 Å². The lowest BCUT2D eigenvalue weighted by atomic mass is 9.79. The lowest BCUT2D eigenvalue weighted by molar-refractivity contribution is -0.0936. The number of hydrogen-bond acceptors (Lipinski definition) is 5. The van der Waals surface area contributed by atoms with Crippen LogP contribution in [-0.2, 0) is 16.8 Å². The Balaban J connectivity index is 1.38. The average molecular weight is 418 g/mol. The smallest absolute Gasteiger partial charge is 0.272 e. The first-order chi connectivity index (χ1) is 15.1. The van der Waals surface area contributed by atoms with Crippen LogP contribution < -0.4 is 9.47 Å². The first-order valence-corrected chi connectivity index (χ1v) is 10.7. The maximum Gasteiger partial charge on any atom is 0.272 e. The topological polar surface area (TPSA) is 60.9 Å². The molecule has 31 heavy (non-hydrogen) atoms. The largest absolute Gasteiger partial charge is 0.493 e. The monoisotopic (exact) mass is 418 g/mol. The summed E-state index contributed by atoms with van der Waals surface area (Å²) in [6.07, 6.45) is 2.34. The van der Waals surface area contributed by atoms with Crippen molar-refractivity contribution in [3.8, 4) is 11.5 Å². The van der Waals surface area contributed by atoms with Gasteiger partial charge in [0.25, 0.3) is 5.91 Å². The molecule has 1 amide bonds. The molecule has 6 nitrogen and oxygen atoms in total. The minimum atomic E-state index is -0.388. The van der Waals surface area contributed by atoms with Crippen LogP contribution in [0, 0.1) is 0 Å². The Morgan fingerprint density at radius 3 is 2.55 bits per heavy atom. The number of hydrogen-bond donors (Lipinski definition) is 0. The fourth-order valence-electron chi connectivity index (χ4n) is 4.82. The van der Waals surface area contributed by atoms with Crippen molar-refractivity contribution in [2.24, 2.45) is 0 Å². The number of aromatic nitrogens is 1. The molecular formula is C25H26N2O4. The van der Waals surface area contributed by atoms with E-state index in [1.807, 2.05) is 41.3 Å². The summed E-state index contributed by atoms with van der Waals surface area (Å²) in [6, 6.07) is 15.7. The maximum atomic E-state index is 13.1. The summed E-state index contributed by atoms with van der Waals surface area (Å²) in [5.41, 5.74) is 3.34. The molecule has 160 valence electrons. The molecule has 0 saturated carbocycles. The molecule has 2 aromatic carbocycles. The van der Waals surface area contributed by atoms with Gasteiger partial charge in [0.2, 0.25) is 0 Å². The van der Waals surface area contributed by atoms with Crippen LogP contribution in [0.4, 0.5) is 0 Å². The Labute approximate surface area is 181 Å². The van der Waals surface area contributed by atoms with Crippen LogP contribution in [0.2, 0.25) is 0 Å². The lowest BCUT2D eigenvalue weighted by Crippen LogP contribution is -2.48. The van der Waals surface area contributed by atoms with E-state index in [4.69, 9.17) is 14.2 Å². The zero-order valence-electron chi connectivity index (χ0n) is 17.9. The van der Waals surface area contributed by atoms with Crippen LogP contribution in [0.3, 0.4) is 0 Å². The minimum absolute atomic E-state index is 0.0241. The maximum absolute atomic E-state index is 13.1. The Hall–Kier alpha value is -3.12. The molecule has 0 bridgehead atoms. The van der Waals surface area contributed by atoms with Crippen LogP contribution in [0.1, 0.15) is 34.5 Å². The number of nitrogens with zero attached hydrogens (tertiary/aromatic N) is 2. The molecule has 6 heteroatoms. The standard InChI is InChI=1S/C25H26N2O4/c1-29-22-15-18-9-14-31-25(19(18)16-23(22)30-2)10-12-27(13-11-25)24(28)21-8-7-17-5-3-4-6-20(17)26-21/h3-8,15-16H,9-14H2,1-2H3. The van der Waals surface area contributed by atoms with E-state index >= 15 is 0 Å². The molecule has 0 N–H and O–H groups in total. The zero-order chi connectivity index (χ0) is 21.4. The van der Waals surface area contributed by atoms with Crippen molar-refractivity contribution in [2.75, 3.05) is 33.9 Å². The highest BCUT2D eigenvalue weighted by atomic mass is 16.5. The molecule has 0 atom stereocenters. The fraction of sp³-hybridized carbons (Fsp3) is 0.360. The van der Waals surface area contributed by atoms with E-state index in [2.05, 4.69) is 17.1 Å². The van der Waals surface area contributed by atoms with Gasteiger partial charge in [-0.05, 0) is 54.7 Å². The minimum Gasteiger partial charge on any atom is -0.493 e. The van der Waals surface area contributed by atoms with Gasteiger partial charge >= 0.3 is 0 Å². The van der Waals surface area contributed by atoms with Gasteiger partial charge in [0.1, 0.15) is 5.69 Å². The van der Waals surface area contributed by atoms with Crippen molar-refractivity contribution in [1.82, 2.24) is 9.88 Å². The number of carbonyl (C=O) groups excluding carboxylic acids is 1. The van der Waals surface area contributed by atoms with Gasteiger partial charge in [0.05, 0.1) is 31.9 Å². The van der Waals surface area contributed by atoms with Crippen LogP contribution in [0.25, 0.3) is 10.9 Å². The Bertz CT molecular complexity index is 1140. The summed E-state index contributed by atoms with van der Waals surface area (Å²) < 4.78 is 17.4. The average Bonchev–Trinajstić information content (AvgIpc) is 2.83. The Kier molecular flexibility index (Phi) is 5.02. The number of fused-ring (bicyclic) bond motifs is 3. The van der Waals surface area contributed by atoms with E-state index in [0.717, 1.165) is 41.5 Å². The number of ether oxygens (including phenoxy) is 3. The fourth-order valence-corrected chi connectivity index (χ4v) is 4.82. The third-order valence-corrected chi connectivity index (χ3v) is 6.53. The van der Waals surface area contributed by atoms with Crippen LogP contribution >= 0.6 is 0 Å². The number of likely N-dealkylation sites (tertiary alicyclic amines) is 1. The normalized spacial score (nSPS) is 17.4. The Morgan fingerprint density at radius 2 is 1.77 bits per heavy atom. The van der Waals surface area contributed by atoms with E-state index in [-0.39, 0.29) is 11.5 Å². The van der Waals surface area contributed by atoms with Crippen LogP contribution in [0.15, 0.2) is 48.5 Å². The number of methoxy groups -OCH3 is 2. The molecule has 1 saturated heterocycles. The number of para-hydroxylation sites is 1. The van der Waals surface area contributed by atoms with E-state index < -0.39 is 0 Å². The molecule has 2 aliphatic heterocycles. The van der Waals surface area contributed by atoms with Crippen LogP contribution in [-0.4, -0.2) is 49.7 Å². The number of carbonyl (C=O) groups is 1. The zero-order valence-corrected chi connectivity index (χ0v) is 17.9. The number of pyridine rings is 1. The highest BCUT2D eigenvalue weighted by Crippen LogP contribution is 2.45. The first-order valence-electron chi connectivity index (χ1n) is 10.7. The van der Waals surface area contributed by atoms with Gasteiger partial charge in [-0.15, -0.1) is 0 Å². The molecule has 2 aliphatic rings. The highest BCUT2D eigenvalue weighted by molar-refractivity contribution is 5.95. The summed E-state index contributed by atoms with van der Waals surface area (Å²) >= 11 is 0. The van der Waals surface area contributed by atoms with E-state index in [9.17, 15) is 4.79 Å². The molecule has 1 aromatic heterocycles. The summed E-state index contributed by atoms with van der Waals surface area (Å²) in [4.78, 5) is 19.6. The predicted molar refractivity (Wildman–Crippen MR) is 118 cm³/mol. The SMILES string of the molecule is COc1cc2c(cc1OC)C1(CCN(C(=O)c3ccc4ccccc4n3)CC1)OCC2. The van der Waals surface area contributed by atoms with Crippen molar-refractivity contribution in [3.05, 3.63) is 65.4 Å². The molecule has 1 fully saturated rings. The third kappa shape index (κ3) is 3.41. The molecule has 1 spiro atoms. The van der Waals surface area contributed by atoms with Gasteiger partial charge < -0.3 is 19.1 Å². The number of rotatable bonds is 3. The molecule has 0 unspecified atom stereocenters. The summed E-state index contributed by atoms with van der Waals surface area (Å²) in [7, 11) is 3.31. The summed E-state index contributed by atoms with van der Waals surface area (Å²) in [5.74, 6) is 1.43. The van der Waals surface area contributed by atoms with Crippen molar-refractivity contribution >= 4 is 16.8 Å². The predicted octanol–water partition coefficient (Wildman–Crippen LogP) is 3.96. The van der Waals surface area contributed by atoms with Gasteiger partial charge in [-0.1, -0.05) is 24.3 Å². The quantitative estimate of drug-likeness (QED) is 0.644. The van der Waals surface area contributed by atoms with E-state index in [1.54, 1.807) is 14.2 Å². The van der Waals surface area contributed by atoms with Gasteiger partial charge in [0.15, 0.2) is 11.5 Å². The second-order valence-corrected chi connectivity index (χ2v) is 8.14. The highest BCUT2D eigenvalue weighted by Gasteiger charge is 2.42. The summed E-state index contributed by atoms with van der Waals surface area (Å²) in [6.45, 7) is 1.92. The molecule has 0 aliphatic carbocycles. The van der Waals surface area contributed by atoms with Crippen molar-refractivity contribution in [2.45, 2.75) is 24.9 Å². The van der Waals surface area contributed by atoms with E-state index in [1.165, 1.54) is 5.56 Å². The van der Waals surface area contributed by atoms with Gasteiger partial charge in [0, 0.05) is 18.5 Å². The summed E-state index contributed by atoms with van der Waals surface area (Å²) in [5, 5.41) is 1.04. The lowest BCUT2D eigenvalue weighted by Gasteiger charge is -2.45. The Morgan fingerprint density at radius 1 is 1.03 bits per heavy atom. The molecule has 5 rings (SSSR count). The van der Waals surface area contributed by atoms with Gasteiger partial charge in [-0.3, -0.25) is 4.79 Å². The number of amides is 1. The second kappa shape index (κ2) is 7.85. The van der Waals surface area contributed by atoms with Crippen molar-refractivity contribution in [3.63, 3.8) is 0 Å². The molecule has 3 heterocycles. The molecule has 3 aromatic rings. The number of piperidine rings is 1. The second-order valence-electron chi connectivity index (χ2n) is 8.14.